The van der Waals surface area contributed by atoms with Crippen LogP contribution in [0.3, 0.4) is 0 Å². The smallest absolute Gasteiger partial charge is 0.265 e. The average molecular weight is 558 g/mol. The lowest BCUT2D eigenvalue weighted by molar-refractivity contribution is -0.115. The molecular weight excluding hydrogens is 535 g/mol. The van der Waals surface area contributed by atoms with Crippen molar-refractivity contribution < 1.29 is 14.3 Å². The number of aromatic nitrogens is 1. The Kier molecular flexibility index (Phi) is 8.18. The van der Waals surface area contributed by atoms with Gasteiger partial charge in [0.05, 0.1) is 17.7 Å². The minimum atomic E-state index is -0.494. The predicted molar refractivity (Wildman–Crippen MR) is 156 cm³/mol. The van der Waals surface area contributed by atoms with Gasteiger partial charge in [-0.1, -0.05) is 48.5 Å². The number of benzene rings is 3. The van der Waals surface area contributed by atoms with Crippen molar-refractivity contribution >= 4 is 57.1 Å². The van der Waals surface area contributed by atoms with E-state index in [4.69, 9.17) is 4.74 Å². The van der Waals surface area contributed by atoms with E-state index in [1.54, 1.807) is 13.2 Å². The van der Waals surface area contributed by atoms with Crippen LogP contribution < -0.4 is 15.4 Å². The first-order valence-corrected chi connectivity index (χ1v) is 14.3. The minimum absolute atomic E-state index is 0.140. The number of nitrogens with one attached hydrogen (secondary N) is 2. The average Bonchev–Trinajstić information content (AvgIpc) is 3.66. The molecule has 5 rings (SSSR count). The van der Waals surface area contributed by atoms with E-state index in [2.05, 4.69) is 15.6 Å². The van der Waals surface area contributed by atoms with Crippen molar-refractivity contribution in [2.24, 2.45) is 0 Å². The molecule has 0 saturated carbocycles. The molecule has 3 aromatic carbocycles. The fourth-order valence-electron chi connectivity index (χ4n) is 3.67. The maximum atomic E-state index is 13.5. The van der Waals surface area contributed by atoms with Gasteiger partial charge in [-0.3, -0.25) is 9.59 Å². The van der Waals surface area contributed by atoms with Crippen molar-refractivity contribution in [1.82, 2.24) is 4.98 Å². The number of carbonyl (C=O) groups is 2. The van der Waals surface area contributed by atoms with Crippen LogP contribution in [-0.4, -0.2) is 23.9 Å². The Bertz CT molecular complexity index is 1520. The number of ether oxygens (including phenoxy) is 1. The lowest BCUT2D eigenvalue weighted by Gasteiger charge is -2.16. The normalized spacial score (nSPS) is 11.5. The molecule has 2 amide bonds. The van der Waals surface area contributed by atoms with E-state index in [1.807, 2.05) is 95.7 Å². The third-order valence-corrected chi connectivity index (χ3v) is 8.44. The number of carbonyl (C=O) groups excluding carboxylic acids is 2. The van der Waals surface area contributed by atoms with E-state index in [1.165, 1.54) is 34.4 Å². The number of thioether (sulfide) groups is 1. The van der Waals surface area contributed by atoms with Gasteiger partial charge in [0.15, 0.2) is 5.13 Å². The van der Waals surface area contributed by atoms with E-state index in [9.17, 15) is 9.59 Å². The number of amides is 2. The molecule has 2 aromatic heterocycles. The third-order valence-electron chi connectivity index (χ3n) is 5.55. The third kappa shape index (κ3) is 6.31. The van der Waals surface area contributed by atoms with E-state index < -0.39 is 5.25 Å². The van der Waals surface area contributed by atoms with Crippen LogP contribution in [0.25, 0.3) is 11.3 Å². The highest BCUT2D eigenvalue weighted by atomic mass is 32.2. The molecule has 38 heavy (non-hydrogen) atoms. The fraction of sp³-hybridized carbons (Fsp3) is 0.0690. The van der Waals surface area contributed by atoms with E-state index >= 15 is 0 Å². The highest BCUT2D eigenvalue weighted by Gasteiger charge is 2.23. The summed E-state index contributed by atoms with van der Waals surface area (Å²) in [6.07, 6.45) is 0. The summed E-state index contributed by atoms with van der Waals surface area (Å²) in [5.41, 5.74) is 3.27. The van der Waals surface area contributed by atoms with Crippen LogP contribution in [0.1, 0.15) is 20.5 Å². The zero-order valence-electron chi connectivity index (χ0n) is 20.3. The first kappa shape index (κ1) is 25.7. The molecule has 0 bridgehead atoms. The summed E-state index contributed by atoms with van der Waals surface area (Å²) < 4.78 is 5.31. The SMILES string of the molecule is COc1cccc(-c2csc(NC(=O)C(Sc3ccc(NC(=O)c4cccs4)cc3)c3ccccc3)n2)c1. The lowest BCUT2D eigenvalue weighted by Crippen LogP contribution is -2.19. The number of methoxy groups -OCH3 is 1. The Balaban J connectivity index is 1.30. The van der Waals surface area contributed by atoms with Crippen LogP contribution in [0.2, 0.25) is 0 Å². The number of nitrogens with zero attached hydrogens (tertiary/aromatic N) is 1. The second-order valence-corrected chi connectivity index (χ2v) is 11.1. The summed E-state index contributed by atoms with van der Waals surface area (Å²) >= 11 is 4.21. The van der Waals surface area contributed by atoms with Gasteiger partial charge >= 0.3 is 0 Å². The summed E-state index contributed by atoms with van der Waals surface area (Å²) in [4.78, 5) is 32.0. The molecule has 2 N–H and O–H groups in total. The molecule has 0 radical (unpaired) electrons. The largest absolute Gasteiger partial charge is 0.497 e. The van der Waals surface area contributed by atoms with Gasteiger partial charge in [0.1, 0.15) is 11.0 Å². The molecule has 0 aliphatic heterocycles. The topological polar surface area (TPSA) is 80.3 Å². The quantitative estimate of drug-likeness (QED) is 0.182. The molecule has 6 nitrogen and oxygen atoms in total. The van der Waals surface area contributed by atoms with E-state index in [0.717, 1.165) is 27.5 Å². The van der Waals surface area contributed by atoms with Gasteiger partial charge in [0.2, 0.25) is 5.91 Å². The number of hydrogen-bond donors (Lipinski definition) is 2. The molecule has 190 valence electrons. The summed E-state index contributed by atoms with van der Waals surface area (Å²) in [5, 5.41) is 9.72. The molecule has 0 spiro atoms. The Labute approximate surface area is 232 Å². The van der Waals surface area contributed by atoms with Gasteiger partial charge in [-0.05, 0) is 53.4 Å². The number of rotatable bonds is 9. The molecule has 0 aliphatic rings. The monoisotopic (exact) mass is 557 g/mol. The maximum absolute atomic E-state index is 13.5. The van der Waals surface area contributed by atoms with Crippen molar-refractivity contribution in [2.75, 3.05) is 17.7 Å². The number of thiazole rings is 1. The van der Waals surface area contributed by atoms with Crippen LogP contribution in [0.5, 0.6) is 5.75 Å². The van der Waals surface area contributed by atoms with Crippen LogP contribution in [-0.2, 0) is 4.79 Å². The Morgan fingerprint density at radius 1 is 0.895 bits per heavy atom. The Hall–Kier alpha value is -3.92. The minimum Gasteiger partial charge on any atom is -0.497 e. The fourth-order valence-corrected chi connectivity index (χ4v) is 6.04. The first-order chi connectivity index (χ1) is 18.6. The van der Waals surface area contributed by atoms with E-state index in [-0.39, 0.29) is 11.8 Å². The Morgan fingerprint density at radius 2 is 1.71 bits per heavy atom. The molecule has 0 saturated heterocycles. The van der Waals surface area contributed by atoms with Gasteiger partial charge in [0, 0.05) is 21.5 Å². The number of thiophene rings is 1. The molecule has 5 aromatic rings. The van der Waals surface area contributed by atoms with Gasteiger partial charge in [-0.2, -0.15) is 0 Å². The lowest BCUT2D eigenvalue weighted by atomic mass is 10.1. The predicted octanol–water partition coefficient (Wildman–Crippen LogP) is 7.60. The van der Waals surface area contributed by atoms with Crippen molar-refractivity contribution in [1.29, 1.82) is 0 Å². The summed E-state index contributed by atoms with van der Waals surface area (Å²) in [6.45, 7) is 0. The summed E-state index contributed by atoms with van der Waals surface area (Å²) in [7, 11) is 1.63. The highest BCUT2D eigenvalue weighted by Crippen LogP contribution is 2.37. The van der Waals surface area contributed by atoms with Crippen LogP contribution >= 0.6 is 34.4 Å². The first-order valence-electron chi connectivity index (χ1n) is 11.7. The van der Waals surface area contributed by atoms with Gasteiger partial charge < -0.3 is 15.4 Å². The zero-order chi connectivity index (χ0) is 26.3. The zero-order valence-corrected chi connectivity index (χ0v) is 22.7. The Morgan fingerprint density at radius 3 is 2.45 bits per heavy atom. The molecule has 0 fully saturated rings. The maximum Gasteiger partial charge on any atom is 0.265 e. The summed E-state index contributed by atoms with van der Waals surface area (Å²) in [5.74, 6) is 0.445. The standard InChI is InChI=1S/C29H23N3O3S3/c1-35-22-10-5-9-20(17-22)24-18-37-29(31-24)32-28(34)26(19-7-3-2-4-8-19)38-23-14-12-21(13-15-23)30-27(33)25-11-6-16-36-25/h2-18,26H,1H3,(H,30,33)(H,31,32,34). The number of hydrogen-bond acceptors (Lipinski definition) is 7. The second-order valence-electron chi connectivity index (χ2n) is 8.12. The van der Waals surface area contributed by atoms with Gasteiger partial charge in [-0.25, -0.2) is 4.98 Å². The van der Waals surface area contributed by atoms with Crippen molar-refractivity contribution in [3.8, 4) is 17.0 Å². The molecular formula is C29H23N3O3S3. The van der Waals surface area contributed by atoms with Gasteiger partial charge in [0.25, 0.3) is 5.91 Å². The van der Waals surface area contributed by atoms with Crippen molar-refractivity contribution in [2.45, 2.75) is 10.1 Å². The number of anilines is 2. The van der Waals surface area contributed by atoms with E-state index in [0.29, 0.717) is 15.7 Å². The molecule has 9 heteroatoms. The van der Waals surface area contributed by atoms with Crippen molar-refractivity contribution in [3.05, 3.63) is 112 Å². The molecule has 1 atom stereocenters. The van der Waals surface area contributed by atoms with Crippen LogP contribution in [0.4, 0.5) is 10.8 Å². The molecule has 0 aliphatic carbocycles. The van der Waals surface area contributed by atoms with Crippen LogP contribution in [0, 0.1) is 0 Å². The molecule has 1 unspecified atom stereocenters. The van der Waals surface area contributed by atoms with Crippen molar-refractivity contribution in [3.63, 3.8) is 0 Å². The van der Waals surface area contributed by atoms with Gasteiger partial charge in [-0.15, -0.1) is 34.4 Å². The second kappa shape index (κ2) is 12.1. The van der Waals surface area contributed by atoms with Crippen LogP contribution in [0.15, 0.2) is 107 Å². The summed E-state index contributed by atoms with van der Waals surface area (Å²) in [6, 6.07) is 28.4. The highest BCUT2D eigenvalue weighted by molar-refractivity contribution is 8.00. The molecule has 2 heterocycles.